The summed E-state index contributed by atoms with van der Waals surface area (Å²) in [7, 11) is 0. The molecule has 0 aromatic carbocycles. The predicted molar refractivity (Wildman–Crippen MR) is 81.4 cm³/mol. The monoisotopic (exact) mass is 292 g/mol. The van der Waals surface area contributed by atoms with Crippen LogP contribution in [0.5, 0.6) is 0 Å². The molecule has 1 aromatic heterocycles. The van der Waals surface area contributed by atoms with Crippen LogP contribution in [0.25, 0.3) is 5.57 Å². The van der Waals surface area contributed by atoms with Gasteiger partial charge >= 0.3 is 6.09 Å². The van der Waals surface area contributed by atoms with E-state index in [9.17, 15) is 4.79 Å². The number of thiazole rings is 1. The molecule has 0 fully saturated rings. The van der Waals surface area contributed by atoms with Crippen molar-refractivity contribution >= 4 is 23.0 Å². The summed E-state index contributed by atoms with van der Waals surface area (Å²) >= 11 is 1.62. The van der Waals surface area contributed by atoms with Crippen LogP contribution in [0.4, 0.5) is 4.79 Å². The van der Waals surface area contributed by atoms with Crippen LogP contribution in [0.2, 0.25) is 0 Å². The van der Waals surface area contributed by atoms with Gasteiger partial charge in [-0.2, -0.15) is 0 Å². The van der Waals surface area contributed by atoms with E-state index in [0.717, 1.165) is 21.2 Å². The standard InChI is InChI=1S/C15H20N2O2S/c1-6-10(7-2)13-16-11-8-17(9-12(11)20-13)14(18)19-15(3,4)5/h6-7H,1,8-9H2,2-5H3/b10-7+. The molecule has 0 radical (unpaired) electrons. The number of aromatic nitrogens is 1. The molecule has 20 heavy (non-hydrogen) atoms. The number of hydrogen-bond donors (Lipinski definition) is 0. The smallest absolute Gasteiger partial charge is 0.410 e. The average Bonchev–Trinajstić information content (AvgIpc) is 2.86. The molecule has 1 amide bonds. The third-order valence-electron chi connectivity index (χ3n) is 2.88. The molecule has 0 aliphatic carbocycles. The third kappa shape index (κ3) is 3.10. The van der Waals surface area contributed by atoms with E-state index in [1.807, 2.05) is 33.8 Å². The molecular weight excluding hydrogens is 272 g/mol. The van der Waals surface area contributed by atoms with Gasteiger partial charge in [0.1, 0.15) is 10.6 Å². The normalized spacial score (nSPS) is 15.2. The minimum Gasteiger partial charge on any atom is -0.444 e. The summed E-state index contributed by atoms with van der Waals surface area (Å²) in [5.41, 5.74) is 1.54. The molecule has 1 aliphatic heterocycles. The first-order valence-corrected chi connectivity index (χ1v) is 7.41. The van der Waals surface area contributed by atoms with Crippen LogP contribution in [0.15, 0.2) is 18.7 Å². The SMILES string of the molecule is C=C/C(=C\C)c1nc2c(s1)CN(C(=O)OC(C)(C)C)C2. The Morgan fingerprint density at radius 1 is 1.45 bits per heavy atom. The van der Waals surface area contributed by atoms with E-state index in [1.54, 1.807) is 22.3 Å². The highest BCUT2D eigenvalue weighted by molar-refractivity contribution is 7.13. The zero-order valence-electron chi connectivity index (χ0n) is 12.4. The van der Waals surface area contributed by atoms with Crippen LogP contribution in [0, 0.1) is 0 Å². The Labute approximate surface area is 123 Å². The number of carbonyl (C=O) groups excluding carboxylic acids is 1. The van der Waals surface area contributed by atoms with E-state index in [-0.39, 0.29) is 6.09 Å². The number of nitrogens with zero attached hydrogens (tertiary/aromatic N) is 2. The summed E-state index contributed by atoms with van der Waals surface area (Å²) in [6.07, 6.45) is 3.52. The van der Waals surface area contributed by atoms with Crippen molar-refractivity contribution in [1.82, 2.24) is 9.88 Å². The first-order chi connectivity index (χ1) is 9.34. The van der Waals surface area contributed by atoms with Crippen LogP contribution in [-0.4, -0.2) is 21.6 Å². The Hall–Kier alpha value is -1.62. The summed E-state index contributed by atoms with van der Waals surface area (Å²) in [6.45, 7) is 12.5. The van der Waals surface area contributed by atoms with Crippen molar-refractivity contribution in [1.29, 1.82) is 0 Å². The van der Waals surface area contributed by atoms with E-state index < -0.39 is 5.60 Å². The number of carbonyl (C=O) groups is 1. The summed E-state index contributed by atoms with van der Waals surface area (Å²) in [6, 6.07) is 0. The number of ether oxygens (including phenoxy) is 1. The minimum atomic E-state index is -0.466. The molecular formula is C15H20N2O2S. The molecule has 0 N–H and O–H groups in total. The quantitative estimate of drug-likeness (QED) is 0.774. The van der Waals surface area contributed by atoms with Crippen molar-refractivity contribution in [2.75, 3.05) is 0 Å². The van der Waals surface area contributed by atoms with Gasteiger partial charge < -0.3 is 4.74 Å². The lowest BCUT2D eigenvalue weighted by molar-refractivity contribution is 0.0241. The molecule has 2 rings (SSSR count). The molecule has 0 unspecified atom stereocenters. The van der Waals surface area contributed by atoms with Gasteiger partial charge in [-0.1, -0.05) is 18.7 Å². The topological polar surface area (TPSA) is 42.4 Å². The summed E-state index contributed by atoms with van der Waals surface area (Å²) in [5.74, 6) is 0. The Balaban J connectivity index is 2.08. The second-order valence-corrected chi connectivity index (χ2v) is 6.76. The Morgan fingerprint density at radius 2 is 2.15 bits per heavy atom. The second kappa shape index (κ2) is 5.40. The molecule has 1 aromatic rings. The zero-order chi connectivity index (χ0) is 14.9. The number of amides is 1. The van der Waals surface area contributed by atoms with E-state index in [0.29, 0.717) is 13.1 Å². The van der Waals surface area contributed by atoms with Crippen LogP contribution in [-0.2, 0) is 17.8 Å². The predicted octanol–water partition coefficient (Wildman–Crippen LogP) is 3.98. The van der Waals surface area contributed by atoms with Crippen molar-refractivity contribution in [2.24, 2.45) is 0 Å². The maximum absolute atomic E-state index is 12.0. The average molecular weight is 292 g/mol. The van der Waals surface area contributed by atoms with Gasteiger partial charge in [0.05, 0.1) is 18.8 Å². The largest absolute Gasteiger partial charge is 0.444 e. The highest BCUT2D eigenvalue weighted by Crippen LogP contribution is 2.32. The second-order valence-electron chi connectivity index (χ2n) is 5.67. The van der Waals surface area contributed by atoms with E-state index in [2.05, 4.69) is 11.6 Å². The van der Waals surface area contributed by atoms with Crippen molar-refractivity contribution in [3.8, 4) is 0 Å². The maximum atomic E-state index is 12.0. The number of rotatable bonds is 2. The van der Waals surface area contributed by atoms with Crippen molar-refractivity contribution < 1.29 is 9.53 Å². The van der Waals surface area contributed by atoms with Gasteiger partial charge in [0.2, 0.25) is 0 Å². The van der Waals surface area contributed by atoms with Crippen molar-refractivity contribution in [2.45, 2.75) is 46.4 Å². The summed E-state index contributed by atoms with van der Waals surface area (Å²) in [5, 5.41) is 0.969. The fraction of sp³-hybridized carbons (Fsp3) is 0.467. The molecule has 4 nitrogen and oxygen atoms in total. The Kier molecular flexibility index (Phi) is 3.99. The van der Waals surface area contributed by atoms with E-state index >= 15 is 0 Å². The summed E-state index contributed by atoms with van der Waals surface area (Å²) in [4.78, 5) is 19.4. The molecule has 0 atom stereocenters. The fourth-order valence-electron chi connectivity index (χ4n) is 1.95. The molecule has 5 heteroatoms. The van der Waals surface area contributed by atoms with Gasteiger partial charge in [-0.05, 0) is 27.7 Å². The molecule has 2 heterocycles. The first-order valence-electron chi connectivity index (χ1n) is 6.59. The minimum absolute atomic E-state index is 0.278. The van der Waals surface area contributed by atoms with Gasteiger partial charge in [-0.3, -0.25) is 4.90 Å². The highest BCUT2D eigenvalue weighted by Gasteiger charge is 2.30. The maximum Gasteiger partial charge on any atom is 0.410 e. The lowest BCUT2D eigenvalue weighted by Gasteiger charge is -2.24. The molecule has 1 aliphatic rings. The number of allylic oxidation sites excluding steroid dienone is 3. The fourth-order valence-corrected chi connectivity index (χ4v) is 3.10. The summed E-state index contributed by atoms with van der Waals surface area (Å²) < 4.78 is 5.38. The molecule has 108 valence electrons. The molecule has 0 bridgehead atoms. The van der Waals surface area contributed by atoms with Crippen LogP contribution < -0.4 is 0 Å². The zero-order valence-corrected chi connectivity index (χ0v) is 13.2. The van der Waals surface area contributed by atoms with Gasteiger partial charge in [-0.15, -0.1) is 11.3 Å². The Bertz CT molecular complexity index is 543. The lowest BCUT2D eigenvalue weighted by atomic mass is 10.2. The number of fused-ring (bicyclic) bond motifs is 1. The Morgan fingerprint density at radius 3 is 2.65 bits per heavy atom. The highest BCUT2D eigenvalue weighted by atomic mass is 32.1. The lowest BCUT2D eigenvalue weighted by Crippen LogP contribution is -2.33. The van der Waals surface area contributed by atoms with Crippen LogP contribution >= 0.6 is 11.3 Å². The van der Waals surface area contributed by atoms with Gasteiger partial charge in [-0.25, -0.2) is 9.78 Å². The van der Waals surface area contributed by atoms with Gasteiger partial charge in [0.15, 0.2) is 0 Å². The molecule has 0 saturated carbocycles. The third-order valence-corrected chi connectivity index (χ3v) is 4.01. The van der Waals surface area contributed by atoms with Gasteiger partial charge in [0, 0.05) is 10.5 Å². The van der Waals surface area contributed by atoms with Gasteiger partial charge in [0.25, 0.3) is 0 Å². The van der Waals surface area contributed by atoms with Crippen molar-refractivity contribution in [3.63, 3.8) is 0 Å². The molecule has 0 spiro atoms. The van der Waals surface area contributed by atoms with Crippen LogP contribution in [0.1, 0.15) is 43.3 Å². The van der Waals surface area contributed by atoms with Crippen molar-refractivity contribution in [3.05, 3.63) is 34.3 Å². The molecule has 0 saturated heterocycles. The first kappa shape index (κ1) is 14.8. The number of hydrogen-bond acceptors (Lipinski definition) is 4. The van der Waals surface area contributed by atoms with Crippen LogP contribution in [0.3, 0.4) is 0 Å². The van der Waals surface area contributed by atoms with E-state index in [1.165, 1.54) is 0 Å². The van der Waals surface area contributed by atoms with E-state index in [4.69, 9.17) is 4.74 Å².